The van der Waals surface area contributed by atoms with Crippen molar-refractivity contribution < 1.29 is 28.0 Å². The van der Waals surface area contributed by atoms with E-state index in [2.05, 4.69) is 63.0 Å². The van der Waals surface area contributed by atoms with Gasteiger partial charge in [0.15, 0.2) is 0 Å². The Hall–Kier alpha value is -0.983. The number of ether oxygens (including phenoxy) is 1. The SMILES string of the molecule is CC/C=C\C/C=C\C/C=C\CCCCCCCC(=O)OC[C@@H](C)COP(=O)(O)OCC[Si](C)(C)C. The summed E-state index contributed by atoms with van der Waals surface area (Å²) in [6.45, 7) is 10.9. The summed E-state index contributed by atoms with van der Waals surface area (Å²) >= 11 is 0. The van der Waals surface area contributed by atoms with Crippen LogP contribution < -0.4 is 0 Å². The number of rotatable bonds is 22. The van der Waals surface area contributed by atoms with Crippen LogP contribution in [-0.4, -0.2) is 38.8 Å². The van der Waals surface area contributed by atoms with Gasteiger partial charge in [-0.15, -0.1) is 0 Å². The standard InChI is InChI=1S/C27H51O6PSi/c1-6-7-8-9-10-11-12-13-14-15-16-17-18-19-20-21-27(28)31-24-26(2)25-33-34(29,30)32-22-23-35(3,4)5/h7-8,10-11,13-14,26H,6,9,12,15-25H2,1-5H3,(H,29,30)/b8-7-,11-10-,14-13-/t26-/m1/s1. The monoisotopic (exact) mass is 530 g/mol. The summed E-state index contributed by atoms with van der Waals surface area (Å²) in [5.74, 6) is -0.405. The molecule has 0 spiro atoms. The predicted molar refractivity (Wildman–Crippen MR) is 149 cm³/mol. The molecule has 0 fully saturated rings. The molecular formula is C27H51O6PSi. The molecule has 0 radical (unpaired) electrons. The first-order valence-corrected chi connectivity index (χ1v) is 18.5. The largest absolute Gasteiger partial charge is 0.472 e. The van der Waals surface area contributed by atoms with Crippen LogP contribution >= 0.6 is 7.82 Å². The average molecular weight is 531 g/mol. The van der Waals surface area contributed by atoms with Crippen molar-refractivity contribution in [1.29, 1.82) is 0 Å². The lowest BCUT2D eigenvalue weighted by Crippen LogP contribution is -2.21. The molecule has 0 saturated heterocycles. The molecule has 1 N–H and O–H groups in total. The Morgan fingerprint density at radius 1 is 0.886 bits per heavy atom. The highest BCUT2D eigenvalue weighted by molar-refractivity contribution is 7.47. The zero-order chi connectivity index (χ0) is 26.4. The Balaban J connectivity index is 3.66. The van der Waals surface area contributed by atoms with Gasteiger partial charge < -0.3 is 9.63 Å². The van der Waals surface area contributed by atoms with Crippen molar-refractivity contribution in [3.05, 3.63) is 36.5 Å². The van der Waals surface area contributed by atoms with Crippen molar-refractivity contribution in [3.8, 4) is 0 Å². The zero-order valence-electron chi connectivity index (χ0n) is 22.9. The lowest BCUT2D eigenvalue weighted by molar-refractivity contribution is -0.145. The Kier molecular flexibility index (Phi) is 20.5. The highest BCUT2D eigenvalue weighted by atomic mass is 31.2. The number of carbonyl (C=O) groups excluding carboxylic acids is 1. The summed E-state index contributed by atoms with van der Waals surface area (Å²) in [7, 11) is -5.39. The molecule has 8 heteroatoms. The van der Waals surface area contributed by atoms with Gasteiger partial charge in [-0.1, -0.05) is 89.2 Å². The quantitative estimate of drug-likeness (QED) is 0.0499. The minimum absolute atomic E-state index is 0.00897. The molecule has 204 valence electrons. The van der Waals surface area contributed by atoms with Gasteiger partial charge in [0.2, 0.25) is 0 Å². The third-order valence-electron chi connectivity index (χ3n) is 5.19. The maximum Gasteiger partial charge on any atom is 0.472 e. The van der Waals surface area contributed by atoms with Gasteiger partial charge in [0.1, 0.15) is 0 Å². The first kappa shape index (κ1) is 34.0. The summed E-state index contributed by atoms with van der Waals surface area (Å²) < 4.78 is 27.2. The first-order chi connectivity index (χ1) is 16.6. The number of hydrogen-bond donors (Lipinski definition) is 1. The van der Waals surface area contributed by atoms with E-state index in [1.54, 1.807) is 0 Å². The van der Waals surface area contributed by atoms with Gasteiger partial charge in [-0.2, -0.15) is 0 Å². The number of phosphoric ester groups is 1. The Morgan fingerprint density at radius 3 is 2.14 bits per heavy atom. The van der Waals surface area contributed by atoms with E-state index < -0.39 is 15.9 Å². The first-order valence-electron chi connectivity index (χ1n) is 13.3. The number of hydrogen-bond acceptors (Lipinski definition) is 5. The van der Waals surface area contributed by atoms with E-state index in [1.165, 1.54) is 12.8 Å². The van der Waals surface area contributed by atoms with Crippen molar-refractivity contribution in [2.24, 2.45) is 5.92 Å². The van der Waals surface area contributed by atoms with Gasteiger partial charge in [-0.25, -0.2) is 4.57 Å². The Bertz CT molecular complexity index is 669. The number of esters is 1. The summed E-state index contributed by atoms with van der Waals surface area (Å²) in [6.07, 6.45) is 23.2. The molecule has 2 atom stereocenters. The number of carbonyl (C=O) groups is 1. The second-order valence-corrected chi connectivity index (χ2v) is 17.4. The molecule has 0 aliphatic heterocycles. The van der Waals surface area contributed by atoms with E-state index in [0.717, 1.165) is 51.0 Å². The van der Waals surface area contributed by atoms with Gasteiger partial charge in [0.25, 0.3) is 0 Å². The normalized spacial score (nSPS) is 15.3. The van der Waals surface area contributed by atoms with E-state index in [1.807, 2.05) is 6.92 Å². The van der Waals surface area contributed by atoms with Gasteiger partial charge >= 0.3 is 13.8 Å². The topological polar surface area (TPSA) is 82.1 Å². The number of unbranched alkanes of at least 4 members (excludes halogenated alkanes) is 5. The Morgan fingerprint density at radius 2 is 1.49 bits per heavy atom. The molecule has 0 aromatic heterocycles. The lowest BCUT2D eigenvalue weighted by Gasteiger charge is -2.18. The van der Waals surface area contributed by atoms with Crippen LogP contribution in [0, 0.1) is 5.92 Å². The molecule has 0 heterocycles. The molecule has 0 saturated carbocycles. The van der Waals surface area contributed by atoms with Gasteiger partial charge in [0, 0.05) is 20.4 Å². The van der Waals surface area contributed by atoms with Crippen molar-refractivity contribution in [2.75, 3.05) is 19.8 Å². The molecule has 0 amide bonds. The molecule has 0 aliphatic carbocycles. The van der Waals surface area contributed by atoms with Gasteiger partial charge in [0.05, 0.1) is 19.8 Å². The molecule has 0 aromatic carbocycles. The molecular weight excluding hydrogens is 479 g/mol. The predicted octanol–water partition coefficient (Wildman–Crippen LogP) is 8.23. The minimum Gasteiger partial charge on any atom is -0.465 e. The minimum atomic E-state index is -4.05. The van der Waals surface area contributed by atoms with E-state index in [9.17, 15) is 14.3 Å². The zero-order valence-corrected chi connectivity index (χ0v) is 24.8. The van der Waals surface area contributed by atoms with Crippen molar-refractivity contribution in [3.63, 3.8) is 0 Å². The van der Waals surface area contributed by atoms with Crippen LogP contribution in [0.3, 0.4) is 0 Å². The second kappa shape index (κ2) is 21.1. The van der Waals surface area contributed by atoms with Crippen molar-refractivity contribution >= 4 is 21.9 Å². The summed E-state index contributed by atoms with van der Waals surface area (Å²) in [6, 6.07) is 0.792. The molecule has 0 bridgehead atoms. The van der Waals surface area contributed by atoms with Crippen LogP contribution in [0.25, 0.3) is 0 Å². The van der Waals surface area contributed by atoms with Crippen LogP contribution in [0.1, 0.15) is 78.1 Å². The van der Waals surface area contributed by atoms with Gasteiger partial charge in [-0.3, -0.25) is 13.8 Å². The van der Waals surface area contributed by atoms with Crippen LogP contribution in [0.4, 0.5) is 0 Å². The van der Waals surface area contributed by atoms with Crippen LogP contribution in [0.5, 0.6) is 0 Å². The summed E-state index contributed by atoms with van der Waals surface area (Å²) in [5.41, 5.74) is 0. The van der Waals surface area contributed by atoms with Crippen LogP contribution in [-0.2, 0) is 23.1 Å². The lowest BCUT2D eigenvalue weighted by atomic mass is 10.1. The maximum atomic E-state index is 11.9. The van der Waals surface area contributed by atoms with E-state index >= 15 is 0 Å². The average Bonchev–Trinajstić information content (AvgIpc) is 2.78. The third-order valence-corrected chi connectivity index (χ3v) is 7.88. The Labute approximate surface area is 215 Å². The molecule has 0 aromatic rings. The molecule has 35 heavy (non-hydrogen) atoms. The summed E-state index contributed by atoms with van der Waals surface area (Å²) in [5, 5.41) is 0. The third kappa shape index (κ3) is 25.9. The van der Waals surface area contributed by atoms with Crippen LogP contribution in [0.15, 0.2) is 36.5 Å². The second-order valence-electron chi connectivity index (χ2n) is 10.3. The number of phosphoric acid groups is 1. The highest BCUT2D eigenvalue weighted by Gasteiger charge is 2.24. The van der Waals surface area contributed by atoms with Crippen molar-refractivity contribution in [1.82, 2.24) is 0 Å². The fraction of sp³-hybridized carbons (Fsp3) is 0.741. The maximum absolute atomic E-state index is 11.9. The van der Waals surface area contributed by atoms with E-state index in [0.29, 0.717) is 6.42 Å². The van der Waals surface area contributed by atoms with Gasteiger partial charge in [-0.05, 0) is 44.6 Å². The van der Waals surface area contributed by atoms with Crippen LogP contribution in [0.2, 0.25) is 25.7 Å². The highest BCUT2D eigenvalue weighted by Crippen LogP contribution is 2.44. The van der Waals surface area contributed by atoms with Crippen molar-refractivity contribution in [2.45, 2.75) is 104 Å². The smallest absolute Gasteiger partial charge is 0.465 e. The fourth-order valence-corrected chi connectivity index (χ4v) is 4.70. The molecule has 1 unspecified atom stereocenters. The van der Waals surface area contributed by atoms with E-state index in [4.69, 9.17) is 13.8 Å². The van der Waals surface area contributed by atoms with E-state index in [-0.39, 0.29) is 31.7 Å². The number of allylic oxidation sites excluding steroid dienone is 6. The molecule has 0 aliphatic rings. The molecule has 6 nitrogen and oxygen atoms in total. The molecule has 0 rings (SSSR count). The fourth-order valence-electron chi connectivity index (χ4n) is 2.97. The summed E-state index contributed by atoms with van der Waals surface area (Å²) in [4.78, 5) is 21.7.